The number of nitrogens with two attached hydrogens (primary N) is 1. The molecule has 2 heterocycles. The van der Waals surface area contributed by atoms with Gasteiger partial charge >= 0.3 is 11.9 Å². The van der Waals surface area contributed by atoms with Crippen molar-refractivity contribution in [3.8, 4) is 0 Å². The first-order chi connectivity index (χ1) is 7.78. The molecule has 7 nitrogen and oxygen atoms in total. The fourth-order valence-electron chi connectivity index (χ4n) is 1.42. The molecule has 0 bridgehead atoms. The average Bonchev–Trinajstić information content (AvgIpc) is 2.39. The third-order valence-corrected chi connectivity index (χ3v) is 1.99. The first-order valence-corrected chi connectivity index (χ1v) is 4.33. The van der Waals surface area contributed by atoms with Gasteiger partial charge < -0.3 is 5.73 Å². The Labute approximate surface area is 90.1 Å². The largest absolute Gasteiger partial charge is 0.406 e. The summed E-state index contributed by atoms with van der Waals surface area (Å²) in [5, 5.41) is 0. The molecule has 0 fully saturated rings. The lowest BCUT2D eigenvalue weighted by Crippen LogP contribution is -2.28. The number of alkyl halides is 3. The van der Waals surface area contributed by atoms with Gasteiger partial charge in [0.05, 0.1) is 0 Å². The highest BCUT2D eigenvalue weighted by molar-refractivity contribution is 5.70. The van der Waals surface area contributed by atoms with Gasteiger partial charge in [-0.15, -0.1) is 0 Å². The zero-order chi connectivity index (χ0) is 12.8. The molecule has 0 unspecified atom stereocenters. The number of rotatable bonds is 1. The van der Waals surface area contributed by atoms with Gasteiger partial charge in [0.15, 0.2) is 11.2 Å². The summed E-state index contributed by atoms with van der Waals surface area (Å²) < 4.78 is 36.9. The Morgan fingerprint density at radius 2 is 1.94 bits per heavy atom. The number of hydrogen-bond acceptors (Lipinski definition) is 4. The maximum atomic E-state index is 12.2. The molecule has 0 saturated carbocycles. The number of hydrogen-bond donors (Lipinski definition) is 3. The van der Waals surface area contributed by atoms with Crippen LogP contribution in [-0.4, -0.2) is 25.7 Å². The lowest BCUT2D eigenvalue weighted by atomic mass is 10.5. The summed E-state index contributed by atoms with van der Waals surface area (Å²) in [5.74, 6) is -0.289. The van der Waals surface area contributed by atoms with E-state index in [0.29, 0.717) is 0 Å². The number of aromatic nitrogens is 4. The first-order valence-electron chi connectivity index (χ1n) is 4.33. The van der Waals surface area contributed by atoms with Crippen LogP contribution in [0.5, 0.6) is 0 Å². The Balaban J connectivity index is 2.76. The van der Waals surface area contributed by atoms with Crippen molar-refractivity contribution in [1.29, 1.82) is 0 Å². The maximum Gasteiger partial charge on any atom is 0.406 e. The maximum absolute atomic E-state index is 12.2. The molecule has 10 heteroatoms. The van der Waals surface area contributed by atoms with Gasteiger partial charge in [-0.3, -0.25) is 19.3 Å². The Kier molecular flexibility index (Phi) is 2.22. The second-order valence-corrected chi connectivity index (χ2v) is 3.28. The minimum Gasteiger partial charge on any atom is -0.369 e. The van der Waals surface area contributed by atoms with Gasteiger partial charge in [0.25, 0.3) is 5.56 Å². The van der Waals surface area contributed by atoms with Crippen LogP contribution in [0.4, 0.5) is 19.1 Å². The van der Waals surface area contributed by atoms with Crippen LogP contribution in [-0.2, 0) is 6.54 Å². The van der Waals surface area contributed by atoms with Crippen LogP contribution in [0.3, 0.4) is 0 Å². The highest BCUT2D eigenvalue weighted by Gasteiger charge is 2.30. The van der Waals surface area contributed by atoms with E-state index < -0.39 is 29.5 Å². The summed E-state index contributed by atoms with van der Waals surface area (Å²) in [4.78, 5) is 30.2. The quantitative estimate of drug-likeness (QED) is 0.636. The molecule has 92 valence electrons. The predicted octanol–water partition coefficient (Wildman–Crippen LogP) is -0.443. The van der Waals surface area contributed by atoms with Crippen LogP contribution in [0.1, 0.15) is 0 Å². The molecule has 2 aromatic rings. The molecule has 0 spiro atoms. The Morgan fingerprint density at radius 1 is 1.29 bits per heavy atom. The number of H-pyrrole nitrogens is 2. The van der Waals surface area contributed by atoms with Crippen molar-refractivity contribution in [3.05, 3.63) is 20.8 Å². The van der Waals surface area contributed by atoms with Gasteiger partial charge in [-0.25, -0.2) is 4.79 Å². The molecule has 0 aliphatic heterocycles. The minimum atomic E-state index is -4.62. The van der Waals surface area contributed by atoms with E-state index in [1.54, 1.807) is 0 Å². The molecule has 4 N–H and O–H groups in total. The Morgan fingerprint density at radius 3 is 2.53 bits per heavy atom. The Bertz CT molecular complexity index is 679. The fraction of sp³-hybridized carbons (Fsp3) is 0.286. The van der Waals surface area contributed by atoms with E-state index >= 15 is 0 Å². The second kappa shape index (κ2) is 3.37. The molecule has 0 aliphatic rings. The van der Waals surface area contributed by atoms with E-state index in [9.17, 15) is 22.8 Å². The van der Waals surface area contributed by atoms with Gasteiger partial charge in [0.1, 0.15) is 6.54 Å². The SMILES string of the molecule is Nc1nc2[nH]c(=O)n(CC(F)(F)F)c2c(=O)[nH]1. The first kappa shape index (κ1) is 11.2. The summed E-state index contributed by atoms with van der Waals surface area (Å²) in [7, 11) is 0. The zero-order valence-electron chi connectivity index (χ0n) is 8.13. The van der Waals surface area contributed by atoms with Gasteiger partial charge in [0, 0.05) is 0 Å². The van der Waals surface area contributed by atoms with Gasteiger partial charge in [0.2, 0.25) is 5.95 Å². The minimum absolute atomic E-state index is 0.264. The van der Waals surface area contributed by atoms with Crippen LogP contribution in [0.2, 0.25) is 0 Å². The summed E-state index contributed by atoms with van der Waals surface area (Å²) >= 11 is 0. The smallest absolute Gasteiger partial charge is 0.369 e. The number of nitrogens with zero attached hydrogens (tertiary/aromatic N) is 2. The van der Waals surface area contributed by atoms with Gasteiger partial charge in [-0.2, -0.15) is 18.2 Å². The van der Waals surface area contributed by atoms with E-state index in [-0.39, 0.29) is 16.2 Å². The molecule has 0 saturated heterocycles. The van der Waals surface area contributed by atoms with Crippen LogP contribution < -0.4 is 17.0 Å². The number of nitrogen functional groups attached to an aromatic ring is 1. The third-order valence-electron chi connectivity index (χ3n) is 1.99. The molecule has 0 aromatic carbocycles. The van der Waals surface area contributed by atoms with Crippen LogP contribution >= 0.6 is 0 Å². The summed E-state index contributed by atoms with van der Waals surface area (Å²) in [5.41, 5.74) is 2.45. The van der Waals surface area contributed by atoms with Crippen molar-refractivity contribution in [2.45, 2.75) is 12.7 Å². The average molecular weight is 249 g/mol. The van der Waals surface area contributed by atoms with Crippen molar-refractivity contribution >= 4 is 17.1 Å². The number of anilines is 1. The summed E-state index contributed by atoms with van der Waals surface area (Å²) in [6.07, 6.45) is -4.62. The number of halogens is 3. The number of nitrogens with one attached hydrogen (secondary N) is 2. The van der Waals surface area contributed by atoms with Gasteiger partial charge in [-0.05, 0) is 0 Å². The van der Waals surface area contributed by atoms with Crippen molar-refractivity contribution in [2.24, 2.45) is 0 Å². The number of aromatic amines is 2. The molecule has 2 rings (SSSR count). The van der Waals surface area contributed by atoms with Crippen molar-refractivity contribution in [3.63, 3.8) is 0 Å². The Hall–Kier alpha value is -2.26. The van der Waals surface area contributed by atoms with E-state index in [1.807, 2.05) is 9.97 Å². The normalized spacial score (nSPS) is 12.2. The van der Waals surface area contributed by atoms with E-state index in [4.69, 9.17) is 5.73 Å². The molecule has 0 atom stereocenters. The molecule has 0 radical (unpaired) electrons. The van der Waals surface area contributed by atoms with Crippen LogP contribution in [0.15, 0.2) is 9.59 Å². The van der Waals surface area contributed by atoms with Crippen molar-refractivity contribution < 1.29 is 13.2 Å². The highest BCUT2D eigenvalue weighted by atomic mass is 19.4. The summed E-state index contributed by atoms with van der Waals surface area (Å²) in [6.45, 7) is -1.57. The monoisotopic (exact) mass is 249 g/mol. The number of imidazole rings is 1. The van der Waals surface area contributed by atoms with Crippen LogP contribution in [0.25, 0.3) is 11.2 Å². The van der Waals surface area contributed by atoms with Crippen molar-refractivity contribution in [1.82, 2.24) is 19.5 Å². The molecular formula is C7H6F3N5O2. The molecule has 2 aromatic heterocycles. The van der Waals surface area contributed by atoms with E-state index in [2.05, 4.69) is 4.98 Å². The van der Waals surface area contributed by atoms with E-state index in [1.165, 1.54) is 0 Å². The lowest BCUT2D eigenvalue weighted by Gasteiger charge is -2.06. The van der Waals surface area contributed by atoms with Crippen molar-refractivity contribution in [2.75, 3.05) is 5.73 Å². The standard InChI is InChI=1S/C7H6F3N5O2/c8-7(9,10)1-15-2-3(13-6(15)17)12-5(11)14-4(2)16/h1H2,(H4,11,12,13,14,16,17). The molecule has 0 amide bonds. The molecule has 0 aliphatic carbocycles. The second-order valence-electron chi connectivity index (χ2n) is 3.28. The molecular weight excluding hydrogens is 243 g/mol. The highest BCUT2D eigenvalue weighted by Crippen LogP contribution is 2.17. The lowest BCUT2D eigenvalue weighted by molar-refractivity contribution is -0.140. The predicted molar refractivity (Wildman–Crippen MR) is 51.4 cm³/mol. The fourth-order valence-corrected chi connectivity index (χ4v) is 1.42. The topological polar surface area (TPSA) is 110 Å². The van der Waals surface area contributed by atoms with E-state index in [0.717, 1.165) is 0 Å². The van der Waals surface area contributed by atoms with Gasteiger partial charge in [-0.1, -0.05) is 0 Å². The summed E-state index contributed by atoms with van der Waals surface area (Å²) in [6, 6.07) is 0. The van der Waals surface area contributed by atoms with Crippen LogP contribution in [0, 0.1) is 0 Å². The zero-order valence-corrected chi connectivity index (χ0v) is 8.13. The number of fused-ring (bicyclic) bond motifs is 1. The molecule has 17 heavy (non-hydrogen) atoms. The third kappa shape index (κ3) is 2.00.